The number of thiophene rings is 1. The molecule has 1 saturated heterocycles. The van der Waals surface area contributed by atoms with E-state index < -0.39 is 0 Å². The third-order valence-corrected chi connectivity index (χ3v) is 5.89. The summed E-state index contributed by atoms with van der Waals surface area (Å²) in [6, 6.07) is 6.27. The molecule has 0 spiro atoms. The van der Waals surface area contributed by atoms with Gasteiger partial charge in [-0.25, -0.2) is 0 Å². The number of amides is 1. The van der Waals surface area contributed by atoms with E-state index in [0.717, 1.165) is 59.2 Å². The smallest absolute Gasteiger partial charge is 0.263 e. The number of nitrogens with zero attached hydrogens (tertiary/aromatic N) is 1. The lowest BCUT2D eigenvalue weighted by Crippen LogP contribution is -2.37. The molecule has 0 unspecified atom stereocenters. The molecule has 2 aromatic rings. The first kappa shape index (κ1) is 18.0. The summed E-state index contributed by atoms with van der Waals surface area (Å²) < 4.78 is 6.04. The predicted molar refractivity (Wildman–Crippen MR) is 104 cm³/mol. The van der Waals surface area contributed by atoms with E-state index in [2.05, 4.69) is 39.8 Å². The summed E-state index contributed by atoms with van der Waals surface area (Å²) >= 11 is 1.53. The van der Waals surface area contributed by atoms with Crippen LogP contribution in [-0.2, 0) is 6.61 Å². The largest absolute Gasteiger partial charge is 0.488 e. The number of likely N-dealkylation sites (tertiary alicyclic amines) is 1. The maximum Gasteiger partial charge on any atom is 0.263 e. The molecule has 134 valence electrons. The van der Waals surface area contributed by atoms with Gasteiger partial charge in [-0.15, -0.1) is 11.3 Å². The number of aryl methyl sites for hydroxylation is 3. The molecule has 1 aromatic carbocycles. The quantitative estimate of drug-likeness (QED) is 0.759. The van der Waals surface area contributed by atoms with Crippen LogP contribution in [0.2, 0.25) is 0 Å². The van der Waals surface area contributed by atoms with Gasteiger partial charge in [0, 0.05) is 18.7 Å². The van der Waals surface area contributed by atoms with Crippen LogP contribution in [0.4, 0.5) is 0 Å². The highest BCUT2D eigenvalue weighted by Crippen LogP contribution is 2.27. The Morgan fingerprint density at radius 1 is 1.16 bits per heavy atom. The zero-order valence-electron chi connectivity index (χ0n) is 15.6. The van der Waals surface area contributed by atoms with Crippen molar-refractivity contribution in [3.8, 4) is 5.75 Å². The molecule has 0 saturated carbocycles. The molecule has 4 heteroatoms. The molecule has 0 radical (unpaired) electrons. The fourth-order valence-electron chi connectivity index (χ4n) is 3.48. The first-order valence-corrected chi connectivity index (χ1v) is 9.89. The molecule has 1 amide bonds. The average Bonchev–Trinajstić information content (AvgIpc) is 3.03. The fourth-order valence-corrected chi connectivity index (χ4v) is 4.34. The second-order valence-electron chi connectivity index (χ2n) is 7.31. The molecule has 0 N–H and O–H groups in total. The number of ether oxygens (including phenoxy) is 1. The van der Waals surface area contributed by atoms with Crippen LogP contribution in [0.25, 0.3) is 0 Å². The number of piperidine rings is 1. The average molecular weight is 358 g/mol. The van der Waals surface area contributed by atoms with Crippen LogP contribution < -0.4 is 4.74 Å². The van der Waals surface area contributed by atoms with Crippen LogP contribution in [-0.4, -0.2) is 23.9 Å². The Bertz CT molecular complexity index is 734. The van der Waals surface area contributed by atoms with Crippen LogP contribution in [0.5, 0.6) is 5.75 Å². The van der Waals surface area contributed by atoms with Crippen LogP contribution in [0.3, 0.4) is 0 Å². The highest BCUT2D eigenvalue weighted by molar-refractivity contribution is 7.12. The van der Waals surface area contributed by atoms with Gasteiger partial charge in [-0.2, -0.15) is 0 Å². The van der Waals surface area contributed by atoms with E-state index in [0.29, 0.717) is 6.61 Å². The summed E-state index contributed by atoms with van der Waals surface area (Å²) in [6.45, 7) is 10.8. The Labute approximate surface area is 154 Å². The van der Waals surface area contributed by atoms with E-state index in [4.69, 9.17) is 4.74 Å². The topological polar surface area (TPSA) is 29.5 Å². The molecular weight excluding hydrogens is 330 g/mol. The van der Waals surface area contributed by atoms with Crippen molar-refractivity contribution in [2.75, 3.05) is 13.1 Å². The first-order chi connectivity index (χ1) is 11.9. The molecule has 2 heterocycles. The van der Waals surface area contributed by atoms with Crippen molar-refractivity contribution in [2.24, 2.45) is 5.92 Å². The number of carbonyl (C=O) groups is 1. The Morgan fingerprint density at radius 3 is 2.44 bits per heavy atom. The Morgan fingerprint density at radius 2 is 1.80 bits per heavy atom. The van der Waals surface area contributed by atoms with E-state index in [1.54, 1.807) is 0 Å². The monoisotopic (exact) mass is 357 g/mol. The normalized spacial score (nSPS) is 15.4. The molecule has 0 aliphatic carbocycles. The molecule has 1 aliphatic heterocycles. The molecule has 0 atom stereocenters. The van der Waals surface area contributed by atoms with Gasteiger partial charge in [0.2, 0.25) is 0 Å². The molecule has 25 heavy (non-hydrogen) atoms. The lowest BCUT2D eigenvalue weighted by molar-refractivity contribution is 0.0702. The van der Waals surface area contributed by atoms with Gasteiger partial charge in [0.15, 0.2) is 0 Å². The van der Waals surface area contributed by atoms with Crippen molar-refractivity contribution in [3.63, 3.8) is 0 Å². The third-order valence-electron chi connectivity index (χ3n) is 4.92. The fraction of sp³-hybridized carbons (Fsp3) is 0.476. The van der Waals surface area contributed by atoms with E-state index in [1.165, 1.54) is 16.9 Å². The standard InChI is InChI=1S/C21H27NO2S/c1-14-5-7-22(8-6-14)21(23)19-11-18(13-25-19)12-24-20-16(3)9-15(2)10-17(20)4/h9-11,13-14H,5-8,12H2,1-4H3. The molecule has 1 aromatic heterocycles. The minimum Gasteiger partial charge on any atom is -0.488 e. The van der Waals surface area contributed by atoms with Gasteiger partial charge < -0.3 is 9.64 Å². The van der Waals surface area contributed by atoms with Crippen LogP contribution in [0, 0.1) is 26.7 Å². The van der Waals surface area contributed by atoms with Gasteiger partial charge in [0.05, 0.1) is 4.88 Å². The maximum absolute atomic E-state index is 12.6. The predicted octanol–water partition coefficient (Wildman–Crippen LogP) is 5.12. The SMILES string of the molecule is Cc1cc(C)c(OCc2csc(C(=O)N3CCC(C)CC3)c2)c(C)c1. The van der Waals surface area contributed by atoms with E-state index in [-0.39, 0.29) is 5.91 Å². The summed E-state index contributed by atoms with van der Waals surface area (Å²) in [4.78, 5) is 15.5. The van der Waals surface area contributed by atoms with Crippen molar-refractivity contribution in [2.45, 2.75) is 47.1 Å². The zero-order chi connectivity index (χ0) is 18.0. The first-order valence-electron chi connectivity index (χ1n) is 9.01. The number of hydrogen-bond acceptors (Lipinski definition) is 3. The van der Waals surface area contributed by atoms with Crippen LogP contribution in [0.1, 0.15) is 51.7 Å². The minimum atomic E-state index is 0.172. The second kappa shape index (κ2) is 7.61. The van der Waals surface area contributed by atoms with E-state index in [9.17, 15) is 4.79 Å². The van der Waals surface area contributed by atoms with Gasteiger partial charge in [-0.3, -0.25) is 4.79 Å². The van der Waals surface area contributed by atoms with E-state index in [1.807, 2.05) is 16.3 Å². The van der Waals surface area contributed by atoms with Gasteiger partial charge >= 0.3 is 0 Å². The third kappa shape index (κ3) is 4.24. The molecule has 1 fully saturated rings. The van der Waals surface area contributed by atoms with Crippen molar-refractivity contribution in [1.82, 2.24) is 4.90 Å². The second-order valence-corrected chi connectivity index (χ2v) is 8.22. The Balaban J connectivity index is 1.63. The molecule has 3 rings (SSSR count). The van der Waals surface area contributed by atoms with Crippen LogP contribution >= 0.6 is 11.3 Å². The summed E-state index contributed by atoms with van der Waals surface area (Å²) in [7, 11) is 0. The van der Waals surface area contributed by atoms with Crippen molar-refractivity contribution >= 4 is 17.2 Å². The van der Waals surface area contributed by atoms with Gasteiger partial charge in [-0.1, -0.05) is 24.6 Å². The molecule has 0 bridgehead atoms. The van der Waals surface area contributed by atoms with E-state index >= 15 is 0 Å². The Hall–Kier alpha value is -1.81. The van der Waals surface area contributed by atoms with Gasteiger partial charge in [0.25, 0.3) is 5.91 Å². The summed E-state index contributed by atoms with van der Waals surface area (Å²) in [5.41, 5.74) is 4.64. The Kier molecular flexibility index (Phi) is 5.48. The number of carbonyl (C=O) groups excluding carboxylic acids is 1. The van der Waals surface area contributed by atoms with Crippen LogP contribution in [0.15, 0.2) is 23.6 Å². The maximum atomic E-state index is 12.6. The molecule has 3 nitrogen and oxygen atoms in total. The summed E-state index contributed by atoms with van der Waals surface area (Å²) in [5.74, 6) is 1.86. The lowest BCUT2D eigenvalue weighted by Gasteiger charge is -2.29. The lowest BCUT2D eigenvalue weighted by atomic mass is 9.99. The van der Waals surface area contributed by atoms with Crippen molar-refractivity contribution < 1.29 is 9.53 Å². The number of rotatable bonds is 4. The number of benzene rings is 1. The summed E-state index contributed by atoms with van der Waals surface area (Å²) in [6.07, 6.45) is 2.22. The molecular formula is C21H27NO2S. The highest BCUT2D eigenvalue weighted by Gasteiger charge is 2.22. The van der Waals surface area contributed by atoms with Gasteiger partial charge in [0.1, 0.15) is 12.4 Å². The number of hydrogen-bond donors (Lipinski definition) is 0. The minimum absolute atomic E-state index is 0.172. The van der Waals surface area contributed by atoms with Crippen molar-refractivity contribution in [1.29, 1.82) is 0 Å². The van der Waals surface area contributed by atoms with Crippen molar-refractivity contribution in [3.05, 3.63) is 50.7 Å². The highest BCUT2D eigenvalue weighted by atomic mass is 32.1. The zero-order valence-corrected chi connectivity index (χ0v) is 16.4. The van der Waals surface area contributed by atoms with Gasteiger partial charge in [-0.05, 0) is 62.1 Å². The summed E-state index contributed by atoms with van der Waals surface area (Å²) in [5, 5.41) is 2.04. The molecule has 1 aliphatic rings.